The van der Waals surface area contributed by atoms with Crippen LogP contribution in [0, 0.1) is 6.92 Å². The summed E-state index contributed by atoms with van der Waals surface area (Å²) < 4.78 is 18.2. The number of nitrogens with zero attached hydrogens (tertiary/aromatic N) is 5. The molecule has 6 rings (SSSR count). The first-order chi connectivity index (χ1) is 18.0. The molecule has 0 atom stereocenters. The quantitative estimate of drug-likeness (QED) is 0.613. The van der Waals surface area contributed by atoms with Gasteiger partial charge in [-0.05, 0) is 62.0 Å². The highest BCUT2D eigenvalue weighted by molar-refractivity contribution is 7.85. The summed E-state index contributed by atoms with van der Waals surface area (Å²) in [6.45, 7) is 11.3. The van der Waals surface area contributed by atoms with Crippen LogP contribution < -0.4 is 15.0 Å². The van der Waals surface area contributed by atoms with Crippen LogP contribution >= 0.6 is 0 Å². The van der Waals surface area contributed by atoms with E-state index in [1.165, 1.54) is 11.6 Å². The van der Waals surface area contributed by atoms with Crippen molar-refractivity contribution >= 4 is 34.0 Å². The number of piperidine rings is 1. The van der Waals surface area contributed by atoms with Gasteiger partial charge in [0.1, 0.15) is 30.3 Å². The van der Waals surface area contributed by atoms with E-state index in [0.717, 1.165) is 86.3 Å². The molecule has 196 valence electrons. The van der Waals surface area contributed by atoms with Gasteiger partial charge >= 0.3 is 0 Å². The van der Waals surface area contributed by atoms with Crippen molar-refractivity contribution in [3.63, 3.8) is 0 Å². The fourth-order valence-corrected chi connectivity index (χ4v) is 7.01. The average Bonchev–Trinajstić information content (AvgIpc) is 3.08. The van der Waals surface area contributed by atoms with Crippen LogP contribution in [0.3, 0.4) is 0 Å². The molecule has 1 aromatic carbocycles. The van der Waals surface area contributed by atoms with Gasteiger partial charge in [-0.15, -0.1) is 0 Å². The fraction of sp³-hybridized carbons (Fsp3) is 0.519. The highest BCUT2D eigenvalue weighted by atomic mass is 32.2. The molecule has 1 amide bonds. The Morgan fingerprint density at radius 2 is 1.92 bits per heavy atom. The first-order valence-electron chi connectivity index (χ1n) is 13.1. The first kappa shape index (κ1) is 24.4. The lowest BCUT2D eigenvalue weighted by Gasteiger charge is -2.47. The Morgan fingerprint density at radius 1 is 1.16 bits per heavy atom. The fourth-order valence-electron chi connectivity index (χ4n) is 5.95. The number of carbonyl (C=O) groups is 1. The van der Waals surface area contributed by atoms with Crippen molar-refractivity contribution in [1.82, 2.24) is 19.8 Å². The van der Waals surface area contributed by atoms with Crippen LogP contribution in [-0.2, 0) is 22.2 Å². The van der Waals surface area contributed by atoms with Gasteiger partial charge in [0.2, 0.25) is 5.91 Å². The van der Waals surface area contributed by atoms with Crippen LogP contribution in [0.25, 0.3) is 0 Å². The second-order valence-electron chi connectivity index (χ2n) is 10.4. The summed E-state index contributed by atoms with van der Waals surface area (Å²) in [5.41, 5.74) is 4.36. The molecule has 3 saturated heterocycles. The third-order valence-corrected chi connectivity index (χ3v) is 9.45. The van der Waals surface area contributed by atoms with Crippen molar-refractivity contribution in [3.8, 4) is 5.75 Å². The minimum Gasteiger partial charge on any atom is -0.486 e. The molecule has 1 N–H and O–H groups in total. The largest absolute Gasteiger partial charge is 0.486 e. The zero-order chi connectivity index (χ0) is 25.5. The molecule has 0 aliphatic carbocycles. The number of rotatable bonds is 4. The van der Waals surface area contributed by atoms with E-state index < -0.39 is 10.8 Å². The van der Waals surface area contributed by atoms with Crippen LogP contribution in [0.1, 0.15) is 35.4 Å². The van der Waals surface area contributed by atoms with Gasteiger partial charge < -0.3 is 19.9 Å². The lowest BCUT2D eigenvalue weighted by molar-refractivity contribution is -0.133. The summed E-state index contributed by atoms with van der Waals surface area (Å²) in [6, 6.07) is 4.98. The Balaban J connectivity index is 1.16. The smallest absolute Gasteiger partial charge is 0.246 e. The summed E-state index contributed by atoms with van der Waals surface area (Å²) >= 11 is 0. The standard InChI is InChI=1S/C27H34N6O3S/c1-3-24(34)33-14-21(15-33)31-6-4-19(5-7-31)20-12-18(2)25-23(13-20)30-26-22(16-36-25)27(29-17-28-26)32-8-10-37(35)11-9-32/h3,12-13,17,19,21H,1,4-11,14-16H2,2H3,(H,28,29,30). The number of carbonyl (C=O) groups excluding carboxylic acids is 1. The van der Waals surface area contributed by atoms with Crippen molar-refractivity contribution in [2.24, 2.45) is 0 Å². The minimum atomic E-state index is -0.741. The second-order valence-corrected chi connectivity index (χ2v) is 12.1. The summed E-state index contributed by atoms with van der Waals surface area (Å²) in [7, 11) is -0.741. The Labute approximate surface area is 220 Å². The van der Waals surface area contributed by atoms with E-state index in [1.807, 2.05) is 4.90 Å². The van der Waals surface area contributed by atoms with Crippen molar-refractivity contribution in [1.29, 1.82) is 0 Å². The molecule has 0 unspecified atom stereocenters. The number of fused-ring (bicyclic) bond motifs is 2. The van der Waals surface area contributed by atoms with Gasteiger partial charge in [0.15, 0.2) is 0 Å². The maximum atomic E-state index is 11.8. The van der Waals surface area contributed by atoms with Gasteiger partial charge in [0.25, 0.3) is 0 Å². The monoisotopic (exact) mass is 522 g/mol. The summed E-state index contributed by atoms with van der Waals surface area (Å²) in [6.07, 6.45) is 5.21. The number of amides is 1. The van der Waals surface area contributed by atoms with Crippen LogP contribution in [0.5, 0.6) is 5.75 Å². The molecule has 4 aliphatic heterocycles. The van der Waals surface area contributed by atoms with Crippen molar-refractivity contribution in [2.75, 3.05) is 61.0 Å². The van der Waals surface area contributed by atoms with E-state index in [1.54, 1.807) is 6.33 Å². The Bertz CT molecular complexity index is 1230. The zero-order valence-corrected chi connectivity index (χ0v) is 22.1. The molecule has 1 aromatic heterocycles. The summed E-state index contributed by atoms with van der Waals surface area (Å²) in [5.74, 6) is 4.38. The predicted octanol–water partition coefficient (Wildman–Crippen LogP) is 2.57. The van der Waals surface area contributed by atoms with E-state index in [9.17, 15) is 9.00 Å². The normalized spacial score (nSPS) is 21.2. The van der Waals surface area contributed by atoms with Gasteiger partial charge in [-0.25, -0.2) is 9.97 Å². The number of hydrogen-bond acceptors (Lipinski definition) is 8. The van der Waals surface area contributed by atoms with Crippen LogP contribution in [0.4, 0.5) is 17.3 Å². The van der Waals surface area contributed by atoms with Crippen LogP contribution in [-0.4, -0.2) is 86.7 Å². The molecule has 0 spiro atoms. The molecule has 0 saturated carbocycles. The number of likely N-dealkylation sites (tertiary alicyclic amines) is 2. The molecule has 5 heterocycles. The first-order valence-corrected chi connectivity index (χ1v) is 14.6. The molecule has 9 nitrogen and oxygen atoms in total. The number of aryl methyl sites for hydroxylation is 1. The molecule has 2 aromatic rings. The SMILES string of the molecule is C=CC(=O)N1CC(N2CCC(c3cc(C)c4c(c3)Nc3ncnc(N5CCS(=O)CC5)c3CO4)CC2)C1. The molecule has 4 aliphatic rings. The van der Waals surface area contributed by atoms with E-state index in [-0.39, 0.29) is 5.91 Å². The Hall–Kier alpha value is -2.98. The zero-order valence-electron chi connectivity index (χ0n) is 21.3. The molecule has 0 bridgehead atoms. The van der Waals surface area contributed by atoms with Crippen LogP contribution in [0.15, 0.2) is 31.1 Å². The highest BCUT2D eigenvalue weighted by Crippen LogP contribution is 2.41. The maximum absolute atomic E-state index is 11.8. The van der Waals surface area contributed by atoms with Crippen LogP contribution in [0.2, 0.25) is 0 Å². The van der Waals surface area contributed by atoms with Crippen molar-refractivity contribution in [2.45, 2.75) is 38.3 Å². The van der Waals surface area contributed by atoms with Crippen molar-refractivity contribution in [3.05, 3.63) is 47.8 Å². The lowest BCUT2D eigenvalue weighted by atomic mass is 9.87. The van der Waals surface area contributed by atoms with Crippen molar-refractivity contribution < 1.29 is 13.7 Å². The molecule has 3 fully saturated rings. The van der Waals surface area contributed by atoms with Gasteiger partial charge in [-0.2, -0.15) is 0 Å². The van der Waals surface area contributed by atoms with E-state index in [4.69, 9.17) is 4.74 Å². The second kappa shape index (κ2) is 10.1. The number of aromatic nitrogens is 2. The lowest BCUT2D eigenvalue weighted by Crippen LogP contribution is -2.61. The minimum absolute atomic E-state index is 0.0348. The Kier molecular flexibility index (Phi) is 6.62. The average molecular weight is 523 g/mol. The van der Waals surface area contributed by atoms with E-state index in [0.29, 0.717) is 30.1 Å². The maximum Gasteiger partial charge on any atom is 0.246 e. The number of anilines is 3. The predicted molar refractivity (Wildman–Crippen MR) is 145 cm³/mol. The molecule has 0 radical (unpaired) electrons. The molecular formula is C27H34N6O3S. The third-order valence-electron chi connectivity index (χ3n) is 8.18. The molecular weight excluding hydrogens is 488 g/mol. The third kappa shape index (κ3) is 4.72. The van der Waals surface area contributed by atoms with Gasteiger partial charge in [-0.1, -0.05) is 12.6 Å². The Morgan fingerprint density at radius 3 is 2.65 bits per heavy atom. The van der Waals surface area contributed by atoms with E-state index in [2.05, 4.69) is 50.7 Å². The molecule has 37 heavy (non-hydrogen) atoms. The number of benzene rings is 1. The van der Waals surface area contributed by atoms with E-state index >= 15 is 0 Å². The summed E-state index contributed by atoms with van der Waals surface area (Å²) in [5, 5.41) is 3.56. The summed E-state index contributed by atoms with van der Waals surface area (Å²) in [4.78, 5) is 27.5. The topological polar surface area (TPSA) is 90.9 Å². The molecule has 10 heteroatoms. The van der Waals surface area contributed by atoms with Gasteiger partial charge in [-0.3, -0.25) is 13.9 Å². The number of nitrogens with one attached hydrogen (secondary N) is 1. The highest BCUT2D eigenvalue weighted by Gasteiger charge is 2.36. The van der Waals surface area contributed by atoms with Gasteiger partial charge in [0.05, 0.1) is 11.3 Å². The number of hydrogen-bond donors (Lipinski definition) is 1. The van der Waals surface area contributed by atoms with Gasteiger partial charge in [0, 0.05) is 54.5 Å². The number of ether oxygens (including phenoxy) is 1.